The Morgan fingerprint density at radius 3 is 2.67 bits per heavy atom. The first kappa shape index (κ1) is 11.8. The van der Waals surface area contributed by atoms with Crippen LogP contribution in [0.1, 0.15) is 30.1 Å². The van der Waals surface area contributed by atoms with E-state index in [-0.39, 0.29) is 0 Å². The second-order valence-electron chi connectivity index (χ2n) is 4.57. The Bertz CT molecular complexity index is 608. The molecule has 0 aromatic carbocycles. The second kappa shape index (κ2) is 4.46. The van der Waals surface area contributed by atoms with Crippen LogP contribution in [0.2, 0.25) is 0 Å². The summed E-state index contributed by atoms with van der Waals surface area (Å²) in [5.41, 5.74) is 8.81. The normalized spacial score (nSPS) is 14.8. The number of hydrogen-bond acceptors (Lipinski definition) is 4. The highest BCUT2D eigenvalue weighted by Gasteiger charge is 2.29. The minimum absolute atomic E-state index is 0.561. The smallest absolute Gasteiger partial charge is 0.180 e. The minimum atomic E-state index is 0.561. The van der Waals surface area contributed by atoms with Gasteiger partial charge in [0.05, 0.1) is 9.26 Å². The number of nitrogens with two attached hydrogens (primary N) is 1. The lowest BCUT2D eigenvalue weighted by molar-refractivity contribution is 0.974. The van der Waals surface area contributed by atoms with Gasteiger partial charge in [-0.2, -0.15) is 0 Å². The van der Waals surface area contributed by atoms with Crippen molar-refractivity contribution in [3.05, 3.63) is 33.2 Å². The fraction of sp³-hybridized carbons (Fsp3) is 0.308. The Morgan fingerprint density at radius 2 is 2.00 bits per heavy atom. The molecule has 2 N–H and O–H groups in total. The third kappa shape index (κ3) is 2.19. The lowest BCUT2D eigenvalue weighted by Gasteiger charge is -2.08. The van der Waals surface area contributed by atoms with E-state index in [1.165, 1.54) is 12.8 Å². The average molecular weight is 352 g/mol. The highest BCUT2D eigenvalue weighted by atomic mass is 127. The maximum absolute atomic E-state index is 5.98. The van der Waals surface area contributed by atoms with Crippen molar-refractivity contribution in [2.24, 2.45) is 0 Å². The Balaban J connectivity index is 2.12. The van der Waals surface area contributed by atoms with E-state index in [0.29, 0.717) is 17.6 Å². The van der Waals surface area contributed by atoms with Crippen LogP contribution in [0.25, 0.3) is 11.5 Å². The Morgan fingerprint density at radius 1 is 1.22 bits per heavy atom. The predicted octanol–water partition coefficient (Wildman–Crippen LogP) is 2.91. The largest absolute Gasteiger partial charge is 0.383 e. The number of halogens is 1. The van der Waals surface area contributed by atoms with Crippen LogP contribution in [0.3, 0.4) is 0 Å². The maximum atomic E-state index is 5.98. The van der Waals surface area contributed by atoms with Gasteiger partial charge in [0.25, 0.3) is 0 Å². The number of nitrogens with zero attached hydrogens (tertiary/aromatic N) is 3. The van der Waals surface area contributed by atoms with Gasteiger partial charge in [0.15, 0.2) is 5.82 Å². The monoisotopic (exact) mass is 352 g/mol. The fourth-order valence-electron chi connectivity index (χ4n) is 1.89. The third-order valence-electron chi connectivity index (χ3n) is 2.98. The molecule has 1 saturated carbocycles. The van der Waals surface area contributed by atoms with Gasteiger partial charge in [-0.1, -0.05) is 6.07 Å². The molecular formula is C13H13IN4. The Hall–Kier alpha value is -1.24. The summed E-state index contributed by atoms with van der Waals surface area (Å²) in [5, 5.41) is 0. The summed E-state index contributed by atoms with van der Waals surface area (Å²) in [4.78, 5) is 13.4. The molecule has 0 atom stereocenters. The van der Waals surface area contributed by atoms with Gasteiger partial charge in [0.2, 0.25) is 0 Å². The topological polar surface area (TPSA) is 64.7 Å². The summed E-state index contributed by atoms with van der Waals surface area (Å²) in [6, 6.07) is 5.85. The van der Waals surface area contributed by atoms with Gasteiger partial charge in [0, 0.05) is 11.6 Å². The van der Waals surface area contributed by atoms with Crippen LogP contribution >= 0.6 is 22.6 Å². The summed E-state index contributed by atoms with van der Waals surface area (Å²) >= 11 is 2.23. The summed E-state index contributed by atoms with van der Waals surface area (Å²) < 4.78 is 0.992. The highest BCUT2D eigenvalue weighted by molar-refractivity contribution is 14.1. The fourth-order valence-corrected chi connectivity index (χ4v) is 2.57. The van der Waals surface area contributed by atoms with E-state index in [1.807, 2.05) is 25.1 Å². The molecule has 92 valence electrons. The van der Waals surface area contributed by atoms with Crippen molar-refractivity contribution in [3.63, 3.8) is 0 Å². The number of aryl methyl sites for hydroxylation is 1. The molecule has 4 nitrogen and oxygen atoms in total. The van der Waals surface area contributed by atoms with Gasteiger partial charge in [-0.3, -0.25) is 0 Å². The molecule has 0 spiro atoms. The van der Waals surface area contributed by atoms with Crippen molar-refractivity contribution in [1.29, 1.82) is 0 Å². The van der Waals surface area contributed by atoms with Crippen LogP contribution in [0, 0.1) is 10.5 Å². The molecule has 0 unspecified atom stereocenters. The Kier molecular flexibility index (Phi) is 2.93. The SMILES string of the molecule is Cc1cccc(-c2nc(N)c(I)c(C3CC3)n2)n1. The van der Waals surface area contributed by atoms with Crippen molar-refractivity contribution >= 4 is 28.4 Å². The molecule has 5 heteroatoms. The highest BCUT2D eigenvalue weighted by Crippen LogP contribution is 2.42. The molecule has 0 bridgehead atoms. The summed E-state index contributed by atoms with van der Waals surface area (Å²) in [5.74, 6) is 1.76. The molecule has 0 saturated heterocycles. The standard InChI is InChI=1S/C13H13IN4/c1-7-3-2-4-9(16-7)13-17-11(8-5-6-8)10(14)12(15)18-13/h2-4,8H,5-6H2,1H3,(H2,15,17,18). The van der Waals surface area contributed by atoms with Crippen LogP contribution in [0.5, 0.6) is 0 Å². The molecule has 1 fully saturated rings. The first-order valence-corrected chi connectivity index (χ1v) is 7.00. The van der Waals surface area contributed by atoms with Crippen molar-refractivity contribution < 1.29 is 0 Å². The summed E-state index contributed by atoms with van der Waals surface area (Å²) in [6.45, 7) is 1.96. The zero-order valence-electron chi connectivity index (χ0n) is 10.0. The number of anilines is 1. The molecule has 0 radical (unpaired) electrons. The lowest BCUT2D eigenvalue weighted by atomic mass is 10.2. The molecule has 3 rings (SSSR count). The van der Waals surface area contributed by atoms with Crippen LogP contribution in [-0.4, -0.2) is 15.0 Å². The van der Waals surface area contributed by atoms with Crippen LogP contribution < -0.4 is 5.73 Å². The molecule has 2 aromatic heterocycles. The van der Waals surface area contributed by atoms with Gasteiger partial charge in [-0.05, 0) is 54.5 Å². The van der Waals surface area contributed by atoms with E-state index in [0.717, 1.165) is 20.7 Å². The van der Waals surface area contributed by atoms with E-state index in [4.69, 9.17) is 5.73 Å². The first-order valence-electron chi connectivity index (χ1n) is 5.92. The number of hydrogen-bond donors (Lipinski definition) is 1. The quantitative estimate of drug-likeness (QED) is 0.845. The van der Waals surface area contributed by atoms with E-state index in [1.54, 1.807) is 0 Å². The van der Waals surface area contributed by atoms with E-state index in [9.17, 15) is 0 Å². The average Bonchev–Trinajstić information content (AvgIpc) is 3.16. The van der Waals surface area contributed by atoms with Gasteiger partial charge in [-0.25, -0.2) is 15.0 Å². The second-order valence-corrected chi connectivity index (χ2v) is 5.65. The number of nitrogen functional groups attached to an aromatic ring is 1. The Labute approximate surface area is 119 Å². The molecule has 1 aliphatic carbocycles. The van der Waals surface area contributed by atoms with Crippen molar-refractivity contribution in [3.8, 4) is 11.5 Å². The zero-order valence-corrected chi connectivity index (χ0v) is 12.2. The molecule has 0 aliphatic heterocycles. The van der Waals surface area contributed by atoms with E-state index in [2.05, 4.69) is 37.5 Å². The number of rotatable bonds is 2. The van der Waals surface area contributed by atoms with Crippen LogP contribution in [0.4, 0.5) is 5.82 Å². The predicted molar refractivity (Wildman–Crippen MR) is 79.1 cm³/mol. The van der Waals surface area contributed by atoms with E-state index >= 15 is 0 Å². The summed E-state index contributed by atoms with van der Waals surface area (Å²) in [7, 11) is 0. The van der Waals surface area contributed by atoms with E-state index < -0.39 is 0 Å². The zero-order chi connectivity index (χ0) is 12.7. The third-order valence-corrected chi connectivity index (χ3v) is 4.09. The van der Waals surface area contributed by atoms with Crippen LogP contribution in [-0.2, 0) is 0 Å². The molecule has 2 heterocycles. The van der Waals surface area contributed by atoms with Crippen molar-refractivity contribution in [2.75, 3.05) is 5.73 Å². The molecular weight excluding hydrogens is 339 g/mol. The van der Waals surface area contributed by atoms with Crippen LogP contribution in [0.15, 0.2) is 18.2 Å². The summed E-state index contributed by atoms with van der Waals surface area (Å²) in [6.07, 6.45) is 2.40. The maximum Gasteiger partial charge on any atom is 0.180 e. The number of pyridine rings is 1. The van der Waals surface area contributed by atoms with Gasteiger partial charge in [-0.15, -0.1) is 0 Å². The van der Waals surface area contributed by atoms with Crippen molar-refractivity contribution in [2.45, 2.75) is 25.7 Å². The molecule has 1 aliphatic rings. The number of aromatic nitrogens is 3. The molecule has 2 aromatic rings. The molecule has 0 amide bonds. The minimum Gasteiger partial charge on any atom is -0.383 e. The first-order chi connectivity index (χ1) is 8.65. The van der Waals surface area contributed by atoms with Crippen molar-refractivity contribution in [1.82, 2.24) is 15.0 Å². The van der Waals surface area contributed by atoms with Gasteiger partial charge < -0.3 is 5.73 Å². The van der Waals surface area contributed by atoms with Gasteiger partial charge >= 0.3 is 0 Å². The lowest BCUT2D eigenvalue weighted by Crippen LogP contribution is -2.05. The van der Waals surface area contributed by atoms with Gasteiger partial charge in [0.1, 0.15) is 11.5 Å². The molecule has 18 heavy (non-hydrogen) atoms.